The Hall–Kier alpha value is -1.15. The predicted octanol–water partition coefficient (Wildman–Crippen LogP) is 2.34. The Morgan fingerprint density at radius 2 is 1.56 bits per heavy atom. The summed E-state index contributed by atoms with van der Waals surface area (Å²) in [7, 11) is -3.51. The molecular weight excluding hydrogens is 386 g/mol. The van der Waals surface area contributed by atoms with Crippen molar-refractivity contribution in [1.82, 2.24) is 9.21 Å². The van der Waals surface area contributed by atoms with Gasteiger partial charge in [0.2, 0.25) is 10.0 Å². The van der Waals surface area contributed by atoms with Crippen LogP contribution in [-0.4, -0.2) is 55.8 Å². The van der Waals surface area contributed by atoms with Gasteiger partial charge >= 0.3 is 0 Å². The van der Waals surface area contributed by atoms with Gasteiger partial charge in [-0.25, -0.2) is 8.42 Å². The first kappa shape index (κ1) is 22.1. The summed E-state index contributed by atoms with van der Waals surface area (Å²) >= 11 is 0. The van der Waals surface area contributed by atoms with Crippen molar-refractivity contribution in [2.24, 2.45) is 17.6 Å². The molecule has 2 aliphatic heterocycles. The number of carbonyl (C=O) groups excluding carboxylic acids is 1. The number of nitrogens with zero attached hydrogens (tertiary/aromatic N) is 2. The summed E-state index contributed by atoms with van der Waals surface area (Å²) in [5.41, 5.74) is 6.41. The number of halogens is 1. The molecule has 1 amide bonds. The number of likely N-dealkylation sites (tertiary alicyclic amines) is 1. The molecule has 6 nitrogen and oxygen atoms in total. The molecule has 152 valence electrons. The third-order valence-corrected chi connectivity index (χ3v) is 7.25. The van der Waals surface area contributed by atoms with E-state index >= 15 is 0 Å². The summed E-state index contributed by atoms with van der Waals surface area (Å²) in [6.45, 7) is 6.60. The molecule has 2 aliphatic rings. The van der Waals surface area contributed by atoms with Crippen LogP contribution in [0.5, 0.6) is 0 Å². The molecule has 0 aromatic heterocycles. The highest BCUT2D eigenvalue weighted by Gasteiger charge is 2.32. The van der Waals surface area contributed by atoms with Gasteiger partial charge in [-0.3, -0.25) is 4.79 Å². The van der Waals surface area contributed by atoms with Gasteiger partial charge in [0.05, 0.1) is 4.90 Å². The molecule has 2 unspecified atom stereocenters. The maximum Gasteiger partial charge on any atom is 0.253 e. The van der Waals surface area contributed by atoms with Crippen LogP contribution in [-0.2, 0) is 10.0 Å². The molecule has 2 heterocycles. The quantitative estimate of drug-likeness (QED) is 0.821. The summed E-state index contributed by atoms with van der Waals surface area (Å²) in [4.78, 5) is 14.6. The number of nitrogens with two attached hydrogens (primary N) is 1. The lowest BCUT2D eigenvalue weighted by Crippen LogP contribution is -2.43. The van der Waals surface area contributed by atoms with Gasteiger partial charge in [-0.2, -0.15) is 4.31 Å². The van der Waals surface area contributed by atoms with Crippen LogP contribution in [0.15, 0.2) is 29.2 Å². The van der Waals surface area contributed by atoms with E-state index in [-0.39, 0.29) is 29.3 Å². The highest BCUT2D eigenvalue weighted by Crippen LogP contribution is 2.27. The topological polar surface area (TPSA) is 83.7 Å². The third-order valence-electron chi connectivity index (χ3n) is 5.40. The Bertz CT molecular complexity index is 736. The van der Waals surface area contributed by atoms with Crippen molar-refractivity contribution in [1.29, 1.82) is 0 Å². The average molecular weight is 416 g/mol. The Balaban J connectivity index is 0.00000261. The lowest BCUT2D eigenvalue weighted by molar-refractivity contribution is 0.0714. The van der Waals surface area contributed by atoms with Crippen molar-refractivity contribution in [2.75, 3.05) is 26.2 Å². The van der Waals surface area contributed by atoms with E-state index in [0.717, 1.165) is 19.3 Å². The van der Waals surface area contributed by atoms with Crippen LogP contribution < -0.4 is 5.73 Å². The van der Waals surface area contributed by atoms with Crippen molar-refractivity contribution in [3.8, 4) is 0 Å². The zero-order chi connectivity index (χ0) is 18.9. The molecule has 8 heteroatoms. The van der Waals surface area contributed by atoms with Crippen molar-refractivity contribution in [2.45, 2.75) is 44.0 Å². The molecule has 2 fully saturated rings. The summed E-state index contributed by atoms with van der Waals surface area (Å²) in [5, 5.41) is 0. The van der Waals surface area contributed by atoms with Crippen molar-refractivity contribution in [3.05, 3.63) is 29.8 Å². The second-order valence-corrected chi connectivity index (χ2v) is 9.86. The first-order valence-electron chi connectivity index (χ1n) is 9.42. The minimum atomic E-state index is -3.51. The molecule has 2 atom stereocenters. The van der Waals surface area contributed by atoms with E-state index < -0.39 is 10.0 Å². The van der Waals surface area contributed by atoms with E-state index in [1.54, 1.807) is 33.5 Å². The minimum absolute atomic E-state index is 0. The number of rotatable bonds is 3. The van der Waals surface area contributed by atoms with E-state index in [9.17, 15) is 13.2 Å². The Morgan fingerprint density at radius 1 is 1.04 bits per heavy atom. The fourth-order valence-electron chi connectivity index (χ4n) is 4.01. The Kier molecular flexibility index (Phi) is 7.30. The first-order valence-corrected chi connectivity index (χ1v) is 10.9. The number of carbonyl (C=O) groups is 1. The molecule has 2 N–H and O–H groups in total. The minimum Gasteiger partial charge on any atom is -0.339 e. The fraction of sp³-hybridized carbons (Fsp3) is 0.632. The predicted molar refractivity (Wildman–Crippen MR) is 109 cm³/mol. The summed E-state index contributed by atoms with van der Waals surface area (Å²) < 4.78 is 27.4. The third kappa shape index (κ3) is 5.02. The molecule has 0 radical (unpaired) electrons. The van der Waals surface area contributed by atoms with Gasteiger partial charge in [0, 0.05) is 37.8 Å². The van der Waals surface area contributed by atoms with E-state index in [1.807, 2.05) is 0 Å². The van der Waals surface area contributed by atoms with Crippen molar-refractivity contribution >= 4 is 28.3 Å². The van der Waals surface area contributed by atoms with Crippen LogP contribution in [0.1, 0.15) is 43.5 Å². The molecule has 0 aliphatic carbocycles. The zero-order valence-corrected chi connectivity index (χ0v) is 17.6. The van der Waals surface area contributed by atoms with Crippen molar-refractivity contribution in [3.63, 3.8) is 0 Å². The van der Waals surface area contributed by atoms with Gasteiger partial charge in [0.15, 0.2) is 0 Å². The smallest absolute Gasteiger partial charge is 0.253 e. The molecule has 1 aromatic carbocycles. The van der Waals surface area contributed by atoms with Gasteiger partial charge in [0.25, 0.3) is 5.91 Å². The van der Waals surface area contributed by atoms with E-state index in [1.165, 1.54) is 0 Å². The van der Waals surface area contributed by atoms with Crippen LogP contribution in [0.3, 0.4) is 0 Å². The van der Waals surface area contributed by atoms with Gasteiger partial charge < -0.3 is 10.6 Å². The monoisotopic (exact) mass is 415 g/mol. The van der Waals surface area contributed by atoms with Gasteiger partial charge in [0.1, 0.15) is 0 Å². The van der Waals surface area contributed by atoms with Crippen LogP contribution >= 0.6 is 12.4 Å². The maximum absolute atomic E-state index is 12.9. The lowest BCUT2D eigenvalue weighted by Gasteiger charge is -2.34. The second kappa shape index (κ2) is 8.90. The SMILES string of the molecule is CC1CC(C)CN(S(=O)(=O)c2ccc(C(=O)N3CCC(N)CC3)cc2)C1.Cl. The molecule has 27 heavy (non-hydrogen) atoms. The summed E-state index contributed by atoms with van der Waals surface area (Å²) in [5.74, 6) is 0.667. The number of hydrogen-bond acceptors (Lipinski definition) is 4. The number of hydrogen-bond donors (Lipinski definition) is 1. The van der Waals surface area contributed by atoms with Crippen molar-refractivity contribution < 1.29 is 13.2 Å². The molecular formula is C19H30ClN3O3S. The van der Waals surface area contributed by atoms with Gasteiger partial charge in [-0.15, -0.1) is 12.4 Å². The summed E-state index contributed by atoms with van der Waals surface area (Å²) in [6, 6.07) is 6.53. The van der Waals surface area contributed by atoms with Crippen LogP contribution in [0, 0.1) is 11.8 Å². The largest absolute Gasteiger partial charge is 0.339 e. The average Bonchev–Trinajstić information content (AvgIpc) is 2.61. The van der Waals surface area contributed by atoms with Crippen LogP contribution in [0.4, 0.5) is 0 Å². The molecule has 0 bridgehead atoms. The second-order valence-electron chi connectivity index (χ2n) is 7.92. The first-order chi connectivity index (χ1) is 12.3. The number of amides is 1. The number of piperidine rings is 2. The fourth-order valence-corrected chi connectivity index (χ4v) is 5.69. The molecule has 0 spiro atoms. The van der Waals surface area contributed by atoms with Crippen LogP contribution in [0.2, 0.25) is 0 Å². The normalized spacial score (nSPS) is 25.1. The van der Waals surface area contributed by atoms with E-state index in [0.29, 0.717) is 43.6 Å². The molecule has 3 rings (SSSR count). The molecule has 1 aromatic rings. The maximum atomic E-state index is 12.9. The van der Waals surface area contributed by atoms with E-state index in [2.05, 4.69) is 13.8 Å². The zero-order valence-electron chi connectivity index (χ0n) is 16.0. The van der Waals surface area contributed by atoms with Gasteiger partial charge in [-0.05, 0) is 55.4 Å². The number of benzene rings is 1. The molecule has 2 saturated heterocycles. The number of sulfonamides is 1. The molecule has 0 saturated carbocycles. The van der Waals surface area contributed by atoms with Crippen LogP contribution in [0.25, 0.3) is 0 Å². The summed E-state index contributed by atoms with van der Waals surface area (Å²) in [6.07, 6.45) is 2.67. The Labute approximate surface area is 168 Å². The van der Waals surface area contributed by atoms with Gasteiger partial charge in [-0.1, -0.05) is 13.8 Å². The highest BCUT2D eigenvalue weighted by atomic mass is 35.5. The van der Waals surface area contributed by atoms with E-state index in [4.69, 9.17) is 5.73 Å². The highest BCUT2D eigenvalue weighted by molar-refractivity contribution is 7.89. The lowest BCUT2D eigenvalue weighted by atomic mass is 9.94. The standard InChI is InChI=1S/C19H29N3O3S.ClH/c1-14-11-15(2)13-22(12-14)26(24,25)18-5-3-16(4-6-18)19(23)21-9-7-17(20)8-10-21;/h3-6,14-15,17H,7-13,20H2,1-2H3;1H. The Morgan fingerprint density at radius 3 is 2.07 bits per heavy atom.